The number of benzene rings is 1. The van der Waals surface area contributed by atoms with Crippen molar-refractivity contribution in [2.75, 3.05) is 26.2 Å². The monoisotopic (exact) mass is 325 g/mol. The van der Waals surface area contributed by atoms with Crippen molar-refractivity contribution in [1.29, 1.82) is 0 Å². The van der Waals surface area contributed by atoms with Crippen molar-refractivity contribution < 1.29 is 9.53 Å². The van der Waals surface area contributed by atoms with Crippen molar-refractivity contribution in [3.8, 4) is 0 Å². The van der Waals surface area contributed by atoms with Gasteiger partial charge in [-0.2, -0.15) is 0 Å². The molecule has 0 N–H and O–H groups in total. The molecule has 1 aromatic carbocycles. The van der Waals surface area contributed by atoms with E-state index in [0.717, 1.165) is 42.6 Å². The molecule has 104 valence electrons. The normalized spacial score (nSPS) is 21.1. The van der Waals surface area contributed by atoms with E-state index >= 15 is 0 Å². The Morgan fingerprint density at radius 2 is 2.26 bits per heavy atom. The molecule has 1 atom stereocenters. The highest BCUT2D eigenvalue weighted by Crippen LogP contribution is 2.17. The lowest BCUT2D eigenvalue weighted by molar-refractivity contribution is 0.0512. The predicted molar refractivity (Wildman–Crippen MR) is 79.6 cm³/mol. The number of rotatable bonds is 4. The summed E-state index contributed by atoms with van der Waals surface area (Å²) in [5, 5.41) is 0. The van der Waals surface area contributed by atoms with Crippen LogP contribution in [-0.2, 0) is 4.74 Å². The van der Waals surface area contributed by atoms with E-state index in [0.29, 0.717) is 6.54 Å². The minimum Gasteiger partial charge on any atom is -0.377 e. The molecule has 1 heterocycles. The first-order valence-electron chi connectivity index (χ1n) is 6.82. The molecule has 0 saturated carbocycles. The number of hydrogen-bond donors (Lipinski definition) is 0. The topological polar surface area (TPSA) is 29.5 Å². The maximum absolute atomic E-state index is 12.3. The molecule has 0 radical (unpaired) electrons. The molecule has 0 aliphatic carbocycles. The fourth-order valence-electron chi connectivity index (χ4n) is 2.34. The third-order valence-electron chi connectivity index (χ3n) is 3.43. The summed E-state index contributed by atoms with van der Waals surface area (Å²) in [7, 11) is 0. The first-order chi connectivity index (χ1) is 9.20. The van der Waals surface area contributed by atoms with Gasteiger partial charge in [-0.05, 0) is 18.9 Å². The van der Waals surface area contributed by atoms with Gasteiger partial charge in [0, 0.05) is 29.7 Å². The van der Waals surface area contributed by atoms with Crippen molar-refractivity contribution >= 4 is 21.7 Å². The summed E-state index contributed by atoms with van der Waals surface area (Å²) in [5.41, 5.74) is 0.765. The van der Waals surface area contributed by atoms with E-state index in [1.807, 2.05) is 24.3 Å². The molecule has 3 nitrogen and oxygen atoms in total. The zero-order chi connectivity index (χ0) is 13.7. The third-order valence-corrected chi connectivity index (χ3v) is 4.12. The van der Waals surface area contributed by atoms with E-state index in [-0.39, 0.29) is 11.9 Å². The van der Waals surface area contributed by atoms with Gasteiger partial charge < -0.3 is 4.74 Å². The van der Waals surface area contributed by atoms with Gasteiger partial charge in [0.2, 0.25) is 0 Å². The van der Waals surface area contributed by atoms with Crippen molar-refractivity contribution in [1.82, 2.24) is 4.90 Å². The summed E-state index contributed by atoms with van der Waals surface area (Å²) in [4.78, 5) is 14.5. The lowest BCUT2D eigenvalue weighted by atomic mass is 10.1. The summed E-state index contributed by atoms with van der Waals surface area (Å²) >= 11 is 3.44. The molecule has 1 aliphatic heterocycles. The number of carbonyl (C=O) groups is 1. The van der Waals surface area contributed by atoms with Crippen LogP contribution in [-0.4, -0.2) is 43.0 Å². The van der Waals surface area contributed by atoms with Gasteiger partial charge >= 0.3 is 0 Å². The van der Waals surface area contributed by atoms with Crippen LogP contribution in [0.2, 0.25) is 0 Å². The number of ether oxygens (including phenoxy) is 1. The standard InChI is InChI=1S/C15H20BrNO2/c1-2-12-10-17(8-5-9-19-12)11-15(18)13-6-3-4-7-14(13)16/h3-4,6-7,12H,2,5,8-11H2,1H3. The third kappa shape index (κ3) is 4.13. The fourth-order valence-corrected chi connectivity index (χ4v) is 2.84. The highest BCUT2D eigenvalue weighted by Gasteiger charge is 2.20. The van der Waals surface area contributed by atoms with E-state index < -0.39 is 0 Å². The van der Waals surface area contributed by atoms with Crippen LogP contribution < -0.4 is 0 Å². The Morgan fingerprint density at radius 1 is 1.47 bits per heavy atom. The van der Waals surface area contributed by atoms with Crippen LogP contribution in [0.5, 0.6) is 0 Å². The second-order valence-electron chi connectivity index (χ2n) is 4.89. The van der Waals surface area contributed by atoms with E-state index in [2.05, 4.69) is 27.8 Å². The molecule has 4 heteroatoms. The molecule has 1 unspecified atom stereocenters. The molecular weight excluding hydrogens is 306 g/mol. The number of carbonyl (C=O) groups excluding carboxylic acids is 1. The van der Waals surface area contributed by atoms with Gasteiger partial charge in [0.05, 0.1) is 12.6 Å². The Labute approximate surface area is 123 Å². The lowest BCUT2D eigenvalue weighted by Gasteiger charge is -2.22. The van der Waals surface area contributed by atoms with Crippen LogP contribution in [0.1, 0.15) is 30.1 Å². The van der Waals surface area contributed by atoms with Gasteiger partial charge in [0.15, 0.2) is 5.78 Å². The first kappa shape index (κ1) is 14.7. The summed E-state index contributed by atoms with van der Waals surface area (Å²) < 4.78 is 6.60. The minimum atomic E-state index is 0.171. The van der Waals surface area contributed by atoms with Crippen molar-refractivity contribution in [2.45, 2.75) is 25.9 Å². The second-order valence-corrected chi connectivity index (χ2v) is 5.75. The zero-order valence-corrected chi connectivity index (χ0v) is 12.9. The molecule has 0 bridgehead atoms. The Hall–Kier alpha value is -0.710. The molecule has 19 heavy (non-hydrogen) atoms. The number of nitrogens with zero attached hydrogens (tertiary/aromatic N) is 1. The molecule has 2 rings (SSSR count). The SMILES string of the molecule is CCC1CN(CC(=O)c2ccccc2Br)CCCO1. The van der Waals surface area contributed by atoms with E-state index in [9.17, 15) is 4.79 Å². The highest BCUT2D eigenvalue weighted by atomic mass is 79.9. The van der Waals surface area contributed by atoms with Gasteiger partial charge in [-0.25, -0.2) is 0 Å². The molecule has 1 saturated heterocycles. The Balaban J connectivity index is 2.00. The lowest BCUT2D eigenvalue weighted by Crippen LogP contribution is -2.35. The van der Waals surface area contributed by atoms with Crippen molar-refractivity contribution in [2.24, 2.45) is 0 Å². The fraction of sp³-hybridized carbons (Fsp3) is 0.533. The Kier molecular flexibility index (Phi) is 5.55. The Morgan fingerprint density at radius 3 is 3.00 bits per heavy atom. The maximum Gasteiger partial charge on any atom is 0.177 e. The van der Waals surface area contributed by atoms with Crippen LogP contribution in [0.4, 0.5) is 0 Å². The first-order valence-corrected chi connectivity index (χ1v) is 7.61. The van der Waals surface area contributed by atoms with Crippen molar-refractivity contribution in [3.05, 3.63) is 34.3 Å². The highest BCUT2D eigenvalue weighted by molar-refractivity contribution is 9.10. The van der Waals surface area contributed by atoms with Gasteiger partial charge in [-0.15, -0.1) is 0 Å². The molecule has 1 aromatic rings. The largest absolute Gasteiger partial charge is 0.377 e. The zero-order valence-electron chi connectivity index (χ0n) is 11.3. The molecule has 0 aromatic heterocycles. The van der Waals surface area contributed by atoms with Crippen LogP contribution >= 0.6 is 15.9 Å². The van der Waals surface area contributed by atoms with E-state index in [4.69, 9.17) is 4.74 Å². The number of halogens is 1. The number of ketones is 1. The summed E-state index contributed by atoms with van der Waals surface area (Å²) in [6.07, 6.45) is 2.26. The minimum absolute atomic E-state index is 0.171. The second kappa shape index (κ2) is 7.17. The quantitative estimate of drug-likeness (QED) is 0.796. The number of Topliss-reactive ketones (excluding diaryl/α,β-unsaturated/α-hetero) is 1. The van der Waals surface area contributed by atoms with Gasteiger partial charge in [0.25, 0.3) is 0 Å². The van der Waals surface area contributed by atoms with E-state index in [1.165, 1.54) is 0 Å². The smallest absolute Gasteiger partial charge is 0.177 e. The molecular formula is C15H20BrNO2. The maximum atomic E-state index is 12.3. The average molecular weight is 326 g/mol. The molecule has 1 fully saturated rings. The average Bonchev–Trinajstić information content (AvgIpc) is 2.64. The van der Waals surface area contributed by atoms with Crippen LogP contribution in [0.25, 0.3) is 0 Å². The summed E-state index contributed by atoms with van der Waals surface area (Å²) in [6.45, 7) is 5.20. The summed E-state index contributed by atoms with van der Waals surface area (Å²) in [6, 6.07) is 7.61. The number of hydrogen-bond acceptors (Lipinski definition) is 3. The van der Waals surface area contributed by atoms with Gasteiger partial charge in [-0.1, -0.05) is 41.1 Å². The van der Waals surface area contributed by atoms with Crippen LogP contribution in [0.15, 0.2) is 28.7 Å². The van der Waals surface area contributed by atoms with Crippen LogP contribution in [0, 0.1) is 0 Å². The van der Waals surface area contributed by atoms with Gasteiger partial charge in [0.1, 0.15) is 0 Å². The predicted octanol–water partition coefficient (Wildman–Crippen LogP) is 3.13. The van der Waals surface area contributed by atoms with Crippen LogP contribution in [0.3, 0.4) is 0 Å². The Bertz CT molecular complexity index is 436. The molecule has 0 spiro atoms. The van der Waals surface area contributed by atoms with E-state index in [1.54, 1.807) is 0 Å². The molecule has 1 aliphatic rings. The van der Waals surface area contributed by atoms with Gasteiger partial charge in [-0.3, -0.25) is 9.69 Å². The summed E-state index contributed by atoms with van der Waals surface area (Å²) in [5.74, 6) is 0.171. The molecule has 0 amide bonds. The van der Waals surface area contributed by atoms with Crippen molar-refractivity contribution in [3.63, 3.8) is 0 Å².